The average Bonchev–Trinajstić information content (AvgIpc) is 3.08. The normalized spacial score (nSPS) is 12.5. The highest BCUT2D eigenvalue weighted by Crippen LogP contribution is 2.14. The van der Waals surface area contributed by atoms with Gasteiger partial charge >= 0.3 is 5.97 Å². The second kappa shape index (κ2) is 41.0. The number of unbranched alkanes of at least 4 members (excludes halogenated alkanes) is 27. The Hall–Kier alpha value is -1.13. The average molecular weight is 663 g/mol. The molecular weight excluding hydrogens is 580 g/mol. The number of hydrogen-bond acceptors (Lipinski definition) is 4. The summed E-state index contributed by atoms with van der Waals surface area (Å²) >= 11 is 0. The van der Waals surface area contributed by atoms with Crippen molar-refractivity contribution >= 4 is 5.97 Å². The molecule has 0 saturated heterocycles. The van der Waals surface area contributed by atoms with Crippen LogP contribution in [0.1, 0.15) is 219 Å². The zero-order chi connectivity index (χ0) is 34.1. The maximum absolute atomic E-state index is 12.1. The van der Waals surface area contributed by atoms with Gasteiger partial charge in [-0.15, -0.1) is 0 Å². The third kappa shape index (κ3) is 39.2. The molecule has 0 aromatic carbocycles. The lowest BCUT2D eigenvalue weighted by molar-refractivity contribution is -0.154. The molecule has 0 bridgehead atoms. The van der Waals surface area contributed by atoms with Gasteiger partial charge in [-0.3, -0.25) is 4.79 Å². The second-order valence-corrected chi connectivity index (χ2v) is 14.1. The molecule has 1 unspecified atom stereocenters. The SMILES string of the molecule is CCCCCCC/C=C\C/C=C\CCCCCCCCCCCCCCOCC(CO)OC(=O)CCCCCCCCCCCCC. The standard InChI is InChI=1S/C43H82O4/c1-3-5-7-9-11-13-15-16-17-18-19-20-21-22-23-24-25-26-27-29-31-33-35-37-39-46-41-42(40-44)47-43(45)38-36-34-32-30-28-14-12-10-8-6-4-2/h15-16,18-19,42,44H,3-14,17,20-41H2,1-2H3/b16-15-,19-18-. The van der Waals surface area contributed by atoms with Gasteiger partial charge in [0.1, 0.15) is 6.10 Å². The van der Waals surface area contributed by atoms with Gasteiger partial charge in [0.2, 0.25) is 0 Å². The first-order chi connectivity index (χ1) is 23.2. The van der Waals surface area contributed by atoms with Crippen LogP contribution in [0.4, 0.5) is 0 Å². The van der Waals surface area contributed by atoms with Crippen LogP contribution in [0.15, 0.2) is 24.3 Å². The zero-order valence-electron chi connectivity index (χ0n) is 31.8. The van der Waals surface area contributed by atoms with Crippen LogP contribution in [-0.2, 0) is 14.3 Å². The number of ether oxygens (including phenoxy) is 2. The van der Waals surface area contributed by atoms with Crippen molar-refractivity contribution in [2.45, 2.75) is 225 Å². The van der Waals surface area contributed by atoms with Gasteiger partial charge in [0.25, 0.3) is 0 Å². The zero-order valence-corrected chi connectivity index (χ0v) is 31.8. The molecule has 0 aliphatic carbocycles. The Morgan fingerprint density at radius 2 is 0.894 bits per heavy atom. The third-order valence-corrected chi connectivity index (χ3v) is 9.28. The molecule has 4 heteroatoms. The van der Waals surface area contributed by atoms with Crippen LogP contribution in [0.25, 0.3) is 0 Å². The van der Waals surface area contributed by atoms with Gasteiger partial charge < -0.3 is 14.6 Å². The Kier molecular flexibility index (Phi) is 40.1. The van der Waals surface area contributed by atoms with E-state index in [9.17, 15) is 9.90 Å². The number of hydrogen-bond donors (Lipinski definition) is 1. The van der Waals surface area contributed by atoms with Gasteiger partial charge in [-0.25, -0.2) is 0 Å². The van der Waals surface area contributed by atoms with Crippen LogP contribution in [0.3, 0.4) is 0 Å². The summed E-state index contributed by atoms with van der Waals surface area (Å²) in [6.45, 7) is 5.35. The molecule has 0 saturated carbocycles. The summed E-state index contributed by atoms with van der Waals surface area (Å²) in [6, 6.07) is 0. The summed E-state index contributed by atoms with van der Waals surface area (Å²) in [5.74, 6) is -0.200. The van der Waals surface area contributed by atoms with Crippen molar-refractivity contribution in [2.75, 3.05) is 19.8 Å². The molecule has 1 N–H and O–H groups in total. The van der Waals surface area contributed by atoms with Crippen molar-refractivity contribution < 1.29 is 19.4 Å². The van der Waals surface area contributed by atoms with Gasteiger partial charge in [-0.2, -0.15) is 0 Å². The molecule has 0 aromatic heterocycles. The molecule has 0 fully saturated rings. The summed E-state index contributed by atoms with van der Waals surface area (Å²) in [5.41, 5.74) is 0. The summed E-state index contributed by atoms with van der Waals surface area (Å²) in [6.07, 6.45) is 49.5. The van der Waals surface area contributed by atoms with Crippen LogP contribution in [-0.4, -0.2) is 37.0 Å². The molecule has 0 aliphatic rings. The van der Waals surface area contributed by atoms with Crippen LogP contribution in [0.5, 0.6) is 0 Å². The van der Waals surface area contributed by atoms with E-state index in [1.807, 2.05) is 0 Å². The Labute approximate surface area is 294 Å². The largest absolute Gasteiger partial charge is 0.457 e. The van der Waals surface area contributed by atoms with E-state index in [1.165, 1.54) is 173 Å². The first-order valence-electron chi connectivity index (χ1n) is 20.9. The molecule has 4 nitrogen and oxygen atoms in total. The topological polar surface area (TPSA) is 55.8 Å². The lowest BCUT2D eigenvalue weighted by Gasteiger charge is -2.16. The fourth-order valence-electron chi connectivity index (χ4n) is 6.12. The van der Waals surface area contributed by atoms with Crippen molar-refractivity contribution in [1.29, 1.82) is 0 Å². The Balaban J connectivity index is 3.37. The number of carbonyl (C=O) groups excluding carboxylic acids is 1. The lowest BCUT2D eigenvalue weighted by atomic mass is 10.0. The van der Waals surface area contributed by atoms with Crippen molar-refractivity contribution in [3.05, 3.63) is 24.3 Å². The predicted octanol–water partition coefficient (Wildman–Crippen LogP) is 13.5. The smallest absolute Gasteiger partial charge is 0.306 e. The maximum atomic E-state index is 12.1. The fourth-order valence-corrected chi connectivity index (χ4v) is 6.12. The third-order valence-electron chi connectivity index (χ3n) is 9.28. The highest BCUT2D eigenvalue weighted by Gasteiger charge is 2.13. The lowest BCUT2D eigenvalue weighted by Crippen LogP contribution is -2.27. The Morgan fingerprint density at radius 1 is 0.511 bits per heavy atom. The van der Waals surface area contributed by atoms with Crippen LogP contribution >= 0.6 is 0 Å². The van der Waals surface area contributed by atoms with Crippen molar-refractivity contribution in [3.63, 3.8) is 0 Å². The molecule has 0 radical (unpaired) electrons. The molecular formula is C43H82O4. The van der Waals surface area contributed by atoms with Crippen LogP contribution < -0.4 is 0 Å². The Bertz CT molecular complexity index is 658. The fraction of sp³-hybridized carbons (Fsp3) is 0.884. The van der Waals surface area contributed by atoms with E-state index in [-0.39, 0.29) is 12.6 Å². The van der Waals surface area contributed by atoms with Gasteiger partial charge in [-0.05, 0) is 44.9 Å². The summed E-state index contributed by atoms with van der Waals surface area (Å²) in [5, 5.41) is 9.57. The minimum Gasteiger partial charge on any atom is -0.457 e. The molecule has 47 heavy (non-hydrogen) atoms. The van der Waals surface area contributed by atoms with Crippen LogP contribution in [0.2, 0.25) is 0 Å². The number of rotatable bonds is 39. The van der Waals surface area contributed by atoms with Crippen molar-refractivity contribution in [2.24, 2.45) is 0 Å². The predicted molar refractivity (Wildman–Crippen MR) is 205 cm³/mol. The van der Waals surface area contributed by atoms with E-state index in [0.29, 0.717) is 19.6 Å². The minimum atomic E-state index is -0.529. The highest BCUT2D eigenvalue weighted by atomic mass is 16.6. The van der Waals surface area contributed by atoms with Crippen LogP contribution in [0, 0.1) is 0 Å². The molecule has 1 atom stereocenters. The van der Waals surface area contributed by atoms with E-state index in [1.54, 1.807) is 0 Å². The molecule has 0 aliphatic heterocycles. The summed E-state index contributed by atoms with van der Waals surface area (Å²) in [4.78, 5) is 12.1. The van der Waals surface area contributed by atoms with Crippen molar-refractivity contribution in [1.82, 2.24) is 0 Å². The maximum Gasteiger partial charge on any atom is 0.306 e. The number of aliphatic hydroxyl groups is 1. The number of carbonyl (C=O) groups is 1. The van der Waals surface area contributed by atoms with E-state index in [0.717, 1.165) is 25.7 Å². The molecule has 0 aromatic rings. The first kappa shape index (κ1) is 45.9. The Morgan fingerprint density at radius 3 is 1.32 bits per heavy atom. The minimum absolute atomic E-state index is 0.168. The van der Waals surface area contributed by atoms with Gasteiger partial charge in [0.05, 0.1) is 13.2 Å². The highest BCUT2D eigenvalue weighted by molar-refractivity contribution is 5.69. The molecule has 0 heterocycles. The van der Waals surface area contributed by atoms with Gasteiger partial charge in [-0.1, -0.05) is 192 Å². The number of esters is 1. The molecule has 0 spiro atoms. The van der Waals surface area contributed by atoms with Crippen molar-refractivity contribution in [3.8, 4) is 0 Å². The number of allylic oxidation sites excluding steroid dienone is 4. The second-order valence-electron chi connectivity index (χ2n) is 14.1. The van der Waals surface area contributed by atoms with E-state index >= 15 is 0 Å². The quantitative estimate of drug-likeness (QED) is 0.0404. The van der Waals surface area contributed by atoms with Gasteiger partial charge in [0.15, 0.2) is 0 Å². The van der Waals surface area contributed by atoms with Gasteiger partial charge in [0, 0.05) is 13.0 Å². The summed E-state index contributed by atoms with van der Waals surface area (Å²) < 4.78 is 11.1. The number of aliphatic hydroxyl groups excluding tert-OH is 1. The monoisotopic (exact) mass is 663 g/mol. The van der Waals surface area contributed by atoms with E-state index < -0.39 is 6.10 Å². The van der Waals surface area contributed by atoms with E-state index in [4.69, 9.17) is 9.47 Å². The first-order valence-corrected chi connectivity index (χ1v) is 20.9. The molecule has 278 valence electrons. The summed E-state index contributed by atoms with van der Waals surface area (Å²) in [7, 11) is 0. The molecule has 0 amide bonds. The van der Waals surface area contributed by atoms with E-state index in [2.05, 4.69) is 38.2 Å². The molecule has 0 rings (SSSR count).